The Labute approximate surface area is 208 Å². The fraction of sp³-hybridized carbons (Fsp3) is 0.0312. The van der Waals surface area contributed by atoms with Crippen molar-refractivity contribution in [3.63, 3.8) is 0 Å². The van der Waals surface area contributed by atoms with E-state index in [0.717, 1.165) is 61.0 Å². The van der Waals surface area contributed by atoms with Gasteiger partial charge in [-0.15, -0.1) is 0 Å². The Balaban J connectivity index is 1.61. The first-order valence-corrected chi connectivity index (χ1v) is 12.0. The number of phenolic OH excluding ortho intramolecular Hbond substituents is 1. The van der Waals surface area contributed by atoms with Gasteiger partial charge >= 0.3 is 0 Å². The number of nitrogens with zero attached hydrogens (tertiary/aromatic N) is 3. The second-order valence-corrected chi connectivity index (χ2v) is 9.15. The van der Waals surface area contributed by atoms with E-state index in [1.165, 1.54) is 0 Å². The molecule has 3 aromatic heterocycles. The molecule has 0 spiro atoms. The van der Waals surface area contributed by atoms with Gasteiger partial charge in [-0.3, -0.25) is 4.57 Å². The van der Waals surface area contributed by atoms with E-state index in [0.29, 0.717) is 0 Å². The second-order valence-electron chi connectivity index (χ2n) is 9.15. The number of aromatic hydroxyl groups is 1. The fourth-order valence-corrected chi connectivity index (χ4v) is 5.39. The molecule has 0 aliphatic carbocycles. The van der Waals surface area contributed by atoms with E-state index in [1.807, 2.05) is 42.6 Å². The normalized spacial score (nSPS) is 11.6. The standard InChI is InChI=1S/C32H23N3O/c1-21-18-30(33-20-27(21)22-10-4-2-5-11-22)35-29-19-24(36)16-17-26(29)31-32(35)25-14-8-9-15-28(25)34(31)23-12-6-3-7-13-23/h2-20,36H,1H3. The highest BCUT2D eigenvalue weighted by Crippen LogP contribution is 2.41. The van der Waals surface area contributed by atoms with E-state index in [-0.39, 0.29) is 5.75 Å². The molecule has 0 bridgehead atoms. The first-order chi connectivity index (χ1) is 17.7. The highest BCUT2D eigenvalue weighted by Gasteiger charge is 2.22. The molecule has 0 unspecified atom stereocenters. The number of aromatic nitrogens is 3. The summed E-state index contributed by atoms with van der Waals surface area (Å²) in [4.78, 5) is 4.95. The third-order valence-electron chi connectivity index (χ3n) is 6.97. The van der Waals surface area contributed by atoms with Crippen molar-refractivity contribution in [2.24, 2.45) is 0 Å². The molecule has 0 amide bonds. The Morgan fingerprint density at radius 1 is 0.639 bits per heavy atom. The molecule has 0 aliphatic heterocycles. The molecule has 4 heteroatoms. The number of para-hydroxylation sites is 2. The van der Waals surface area contributed by atoms with E-state index in [2.05, 4.69) is 82.8 Å². The van der Waals surface area contributed by atoms with Crippen LogP contribution in [0, 0.1) is 6.92 Å². The average molecular weight is 466 g/mol. The molecule has 0 fully saturated rings. The quantitative estimate of drug-likeness (QED) is 0.289. The van der Waals surface area contributed by atoms with Crippen molar-refractivity contribution in [3.05, 3.63) is 121 Å². The minimum absolute atomic E-state index is 0.233. The molecule has 0 saturated carbocycles. The Morgan fingerprint density at radius 3 is 2.08 bits per heavy atom. The monoisotopic (exact) mass is 465 g/mol. The smallest absolute Gasteiger partial charge is 0.137 e. The molecule has 172 valence electrons. The predicted molar refractivity (Wildman–Crippen MR) is 147 cm³/mol. The molecule has 3 heterocycles. The molecule has 36 heavy (non-hydrogen) atoms. The van der Waals surface area contributed by atoms with Crippen LogP contribution in [0.1, 0.15) is 5.56 Å². The molecule has 0 aliphatic rings. The third kappa shape index (κ3) is 2.98. The summed E-state index contributed by atoms with van der Waals surface area (Å²) in [6, 6.07) is 37.0. The fourth-order valence-electron chi connectivity index (χ4n) is 5.39. The van der Waals surface area contributed by atoms with Crippen LogP contribution in [0.25, 0.3) is 55.5 Å². The van der Waals surface area contributed by atoms with Gasteiger partial charge in [-0.1, -0.05) is 66.7 Å². The lowest BCUT2D eigenvalue weighted by molar-refractivity contribution is 0.476. The van der Waals surface area contributed by atoms with Gasteiger partial charge in [-0.25, -0.2) is 4.98 Å². The van der Waals surface area contributed by atoms with Crippen molar-refractivity contribution in [1.29, 1.82) is 0 Å². The lowest BCUT2D eigenvalue weighted by Gasteiger charge is -2.11. The summed E-state index contributed by atoms with van der Waals surface area (Å²) in [7, 11) is 0. The Kier molecular flexibility index (Phi) is 4.48. The zero-order valence-corrected chi connectivity index (χ0v) is 19.8. The van der Waals surface area contributed by atoms with Crippen LogP contribution in [-0.4, -0.2) is 19.2 Å². The van der Waals surface area contributed by atoms with Gasteiger partial charge in [-0.2, -0.15) is 0 Å². The number of fused-ring (bicyclic) bond motifs is 5. The van der Waals surface area contributed by atoms with Crippen LogP contribution in [0.3, 0.4) is 0 Å². The van der Waals surface area contributed by atoms with Crippen molar-refractivity contribution in [1.82, 2.24) is 14.1 Å². The van der Waals surface area contributed by atoms with E-state index in [4.69, 9.17) is 4.98 Å². The van der Waals surface area contributed by atoms with E-state index < -0.39 is 0 Å². The van der Waals surface area contributed by atoms with Gasteiger partial charge in [0.15, 0.2) is 0 Å². The molecule has 4 aromatic carbocycles. The van der Waals surface area contributed by atoms with Crippen LogP contribution >= 0.6 is 0 Å². The second kappa shape index (κ2) is 7.85. The van der Waals surface area contributed by atoms with E-state index in [1.54, 1.807) is 6.07 Å². The third-order valence-corrected chi connectivity index (χ3v) is 6.97. The highest BCUT2D eigenvalue weighted by molar-refractivity contribution is 6.20. The molecular weight excluding hydrogens is 442 g/mol. The van der Waals surface area contributed by atoms with Crippen LogP contribution in [0.2, 0.25) is 0 Å². The largest absolute Gasteiger partial charge is 0.508 e. The number of pyridine rings is 1. The summed E-state index contributed by atoms with van der Waals surface area (Å²) >= 11 is 0. The number of aryl methyl sites for hydroxylation is 1. The van der Waals surface area contributed by atoms with Crippen LogP contribution in [0.5, 0.6) is 5.75 Å². The SMILES string of the molecule is Cc1cc(-n2c3cc(O)ccc3c3c2c2ccccc2n3-c2ccccc2)ncc1-c1ccccc1. The number of hydrogen-bond acceptors (Lipinski definition) is 2. The first-order valence-electron chi connectivity index (χ1n) is 12.0. The Bertz CT molecular complexity index is 1900. The van der Waals surface area contributed by atoms with Gasteiger partial charge in [0.1, 0.15) is 11.6 Å². The Morgan fingerprint density at radius 2 is 1.31 bits per heavy atom. The summed E-state index contributed by atoms with van der Waals surface area (Å²) < 4.78 is 4.50. The van der Waals surface area contributed by atoms with Crippen LogP contribution < -0.4 is 0 Å². The summed E-state index contributed by atoms with van der Waals surface area (Å²) in [6.45, 7) is 2.13. The van der Waals surface area contributed by atoms with Crippen molar-refractivity contribution in [3.8, 4) is 28.4 Å². The minimum Gasteiger partial charge on any atom is -0.508 e. The summed E-state index contributed by atoms with van der Waals surface area (Å²) in [5.74, 6) is 1.06. The molecule has 7 aromatic rings. The lowest BCUT2D eigenvalue weighted by atomic mass is 10.0. The topological polar surface area (TPSA) is 43.0 Å². The zero-order valence-electron chi connectivity index (χ0n) is 19.8. The van der Waals surface area contributed by atoms with Crippen LogP contribution in [-0.2, 0) is 0 Å². The van der Waals surface area contributed by atoms with Gasteiger partial charge in [0.2, 0.25) is 0 Å². The number of benzene rings is 4. The number of hydrogen-bond donors (Lipinski definition) is 1. The van der Waals surface area contributed by atoms with Gasteiger partial charge in [0.25, 0.3) is 0 Å². The maximum absolute atomic E-state index is 10.5. The molecule has 0 radical (unpaired) electrons. The molecule has 0 atom stereocenters. The van der Waals surface area contributed by atoms with E-state index in [9.17, 15) is 5.11 Å². The zero-order chi connectivity index (χ0) is 24.2. The van der Waals surface area contributed by atoms with Gasteiger partial charge in [0.05, 0.1) is 22.1 Å². The summed E-state index contributed by atoms with van der Waals surface area (Å²) in [5, 5.41) is 12.7. The lowest BCUT2D eigenvalue weighted by Crippen LogP contribution is -1.99. The average Bonchev–Trinajstić information content (AvgIpc) is 3.41. The molecular formula is C32H23N3O. The van der Waals surface area contributed by atoms with Crippen LogP contribution in [0.4, 0.5) is 0 Å². The number of rotatable bonds is 3. The van der Waals surface area contributed by atoms with E-state index >= 15 is 0 Å². The maximum atomic E-state index is 10.5. The Hall–Kier alpha value is -4.83. The number of phenols is 1. The molecule has 1 N–H and O–H groups in total. The van der Waals surface area contributed by atoms with Crippen LogP contribution in [0.15, 0.2) is 115 Å². The van der Waals surface area contributed by atoms with Crippen molar-refractivity contribution in [2.45, 2.75) is 6.92 Å². The molecule has 4 nitrogen and oxygen atoms in total. The summed E-state index contributed by atoms with van der Waals surface area (Å²) in [6.07, 6.45) is 1.96. The van der Waals surface area contributed by atoms with Gasteiger partial charge in [-0.05, 0) is 54.4 Å². The minimum atomic E-state index is 0.233. The predicted octanol–water partition coefficient (Wildman–Crippen LogP) is 7.80. The summed E-state index contributed by atoms with van der Waals surface area (Å²) in [5.41, 5.74) is 8.74. The van der Waals surface area contributed by atoms with Crippen molar-refractivity contribution < 1.29 is 5.11 Å². The van der Waals surface area contributed by atoms with Crippen molar-refractivity contribution >= 4 is 32.8 Å². The van der Waals surface area contributed by atoms with Gasteiger partial charge in [0, 0.05) is 34.3 Å². The first kappa shape index (κ1) is 20.5. The molecule has 7 rings (SSSR count). The maximum Gasteiger partial charge on any atom is 0.137 e. The van der Waals surface area contributed by atoms with Crippen molar-refractivity contribution in [2.75, 3.05) is 0 Å². The highest BCUT2D eigenvalue weighted by atomic mass is 16.3. The molecule has 0 saturated heterocycles. The van der Waals surface area contributed by atoms with Gasteiger partial charge < -0.3 is 9.67 Å².